The fraction of sp³-hybridized carbons (Fsp3) is 0.0612. The number of hydrogen-bond donors (Lipinski definition) is 0. The van der Waals surface area contributed by atoms with Gasteiger partial charge in [-0.25, -0.2) is 0 Å². The molecular formula is C49H35N3. The van der Waals surface area contributed by atoms with Crippen LogP contribution in [0.1, 0.15) is 25.1 Å². The highest BCUT2D eigenvalue weighted by atomic mass is 15.1. The summed E-state index contributed by atoms with van der Waals surface area (Å²) in [7, 11) is 0. The van der Waals surface area contributed by atoms with E-state index in [1.807, 2.05) is 0 Å². The first kappa shape index (κ1) is 29.2. The molecule has 0 fully saturated rings. The van der Waals surface area contributed by atoms with Crippen LogP contribution in [0.5, 0.6) is 0 Å². The first-order valence-corrected chi connectivity index (χ1v) is 18.1. The highest BCUT2D eigenvalue weighted by molar-refractivity contribution is 6.14. The van der Waals surface area contributed by atoms with Crippen LogP contribution in [0, 0.1) is 0 Å². The molecule has 0 saturated carbocycles. The number of fused-ring (bicyclic) bond motifs is 10. The van der Waals surface area contributed by atoms with Gasteiger partial charge in [0.1, 0.15) is 0 Å². The lowest BCUT2D eigenvalue weighted by atomic mass is 9.82. The minimum absolute atomic E-state index is 0.250. The molecule has 1 aliphatic heterocycles. The van der Waals surface area contributed by atoms with Gasteiger partial charge < -0.3 is 13.7 Å². The van der Waals surface area contributed by atoms with Gasteiger partial charge in [0.05, 0.1) is 33.4 Å². The number of benzene rings is 7. The van der Waals surface area contributed by atoms with Crippen molar-refractivity contribution in [1.82, 2.24) is 13.7 Å². The minimum atomic E-state index is -0.250. The van der Waals surface area contributed by atoms with Crippen molar-refractivity contribution in [3.8, 4) is 39.3 Å². The summed E-state index contributed by atoms with van der Waals surface area (Å²) in [5.74, 6) is 0. The van der Waals surface area contributed by atoms with Gasteiger partial charge in [0.15, 0.2) is 0 Å². The summed E-state index contributed by atoms with van der Waals surface area (Å²) in [5, 5.41) is 5.09. The zero-order valence-corrected chi connectivity index (χ0v) is 29.1. The fourth-order valence-corrected chi connectivity index (χ4v) is 8.97. The minimum Gasteiger partial charge on any atom is -0.317 e. The molecule has 3 nitrogen and oxygen atoms in total. The normalized spacial score (nSPS) is 13.3. The van der Waals surface area contributed by atoms with Gasteiger partial charge >= 0.3 is 0 Å². The number of aromatic nitrogens is 3. The van der Waals surface area contributed by atoms with Crippen LogP contribution in [0.15, 0.2) is 176 Å². The van der Waals surface area contributed by atoms with E-state index in [0.717, 1.165) is 5.69 Å². The summed E-state index contributed by atoms with van der Waals surface area (Å²) >= 11 is 0. The van der Waals surface area contributed by atoms with Crippen LogP contribution >= 0.6 is 0 Å². The quantitative estimate of drug-likeness (QED) is 0.178. The number of hydrogen-bond acceptors (Lipinski definition) is 0. The van der Waals surface area contributed by atoms with E-state index in [1.165, 1.54) is 88.5 Å². The van der Waals surface area contributed by atoms with Crippen molar-refractivity contribution in [2.45, 2.75) is 19.3 Å². The van der Waals surface area contributed by atoms with E-state index >= 15 is 0 Å². The third-order valence-corrected chi connectivity index (χ3v) is 11.4. The van der Waals surface area contributed by atoms with Gasteiger partial charge in [0, 0.05) is 44.5 Å². The zero-order valence-electron chi connectivity index (χ0n) is 29.1. The largest absolute Gasteiger partial charge is 0.317 e. The summed E-state index contributed by atoms with van der Waals surface area (Å²) in [4.78, 5) is 0. The van der Waals surface area contributed by atoms with Gasteiger partial charge in [-0.1, -0.05) is 129 Å². The van der Waals surface area contributed by atoms with E-state index in [4.69, 9.17) is 0 Å². The molecule has 1 aliphatic rings. The third kappa shape index (κ3) is 4.02. The van der Waals surface area contributed by atoms with Crippen molar-refractivity contribution in [2.24, 2.45) is 0 Å². The Bertz CT molecular complexity index is 2990. The lowest BCUT2D eigenvalue weighted by Crippen LogP contribution is -2.17. The molecule has 0 radical (unpaired) electrons. The molecule has 3 aromatic heterocycles. The lowest BCUT2D eigenvalue weighted by molar-refractivity contribution is 0.646. The number of para-hydroxylation sites is 2. The summed E-state index contributed by atoms with van der Waals surface area (Å²) in [6.07, 6.45) is 2.39. The van der Waals surface area contributed by atoms with E-state index in [-0.39, 0.29) is 5.41 Å². The van der Waals surface area contributed by atoms with Crippen molar-refractivity contribution in [2.75, 3.05) is 0 Å². The Morgan fingerprint density at radius 3 is 1.69 bits per heavy atom. The Morgan fingerprint density at radius 1 is 0.404 bits per heavy atom. The van der Waals surface area contributed by atoms with Gasteiger partial charge in [-0.2, -0.15) is 0 Å². The first-order valence-electron chi connectivity index (χ1n) is 18.1. The Labute approximate surface area is 302 Å². The van der Waals surface area contributed by atoms with Crippen LogP contribution in [0.25, 0.3) is 82.9 Å². The van der Waals surface area contributed by atoms with E-state index in [9.17, 15) is 0 Å². The summed E-state index contributed by atoms with van der Waals surface area (Å²) in [6, 6.07) is 62.0. The Kier molecular flexibility index (Phi) is 6.01. The van der Waals surface area contributed by atoms with Gasteiger partial charge in [-0.05, 0) is 82.4 Å². The van der Waals surface area contributed by atoms with Crippen molar-refractivity contribution in [1.29, 1.82) is 0 Å². The monoisotopic (exact) mass is 665 g/mol. The van der Waals surface area contributed by atoms with E-state index in [2.05, 4.69) is 204 Å². The third-order valence-electron chi connectivity index (χ3n) is 11.4. The molecule has 0 aliphatic carbocycles. The van der Waals surface area contributed by atoms with Crippen LogP contribution in [0.3, 0.4) is 0 Å². The first-order chi connectivity index (χ1) is 25.6. The lowest BCUT2D eigenvalue weighted by Gasteiger charge is -2.21. The van der Waals surface area contributed by atoms with Crippen LogP contribution in [0.4, 0.5) is 0 Å². The molecule has 0 saturated heterocycles. The molecule has 0 amide bonds. The summed E-state index contributed by atoms with van der Waals surface area (Å²) in [6.45, 7) is 4.80. The van der Waals surface area contributed by atoms with Gasteiger partial charge in [-0.15, -0.1) is 0 Å². The average Bonchev–Trinajstić information content (AvgIpc) is 3.90. The molecule has 0 spiro atoms. The molecule has 10 aromatic rings. The Morgan fingerprint density at radius 2 is 0.962 bits per heavy atom. The molecule has 52 heavy (non-hydrogen) atoms. The predicted molar refractivity (Wildman–Crippen MR) is 217 cm³/mol. The zero-order chi connectivity index (χ0) is 34.6. The molecule has 0 atom stereocenters. The maximum absolute atomic E-state index is 2.49. The van der Waals surface area contributed by atoms with Crippen LogP contribution < -0.4 is 0 Å². The molecule has 7 aromatic carbocycles. The second-order valence-corrected chi connectivity index (χ2v) is 14.7. The smallest absolute Gasteiger partial charge is 0.0763 e. The standard InChI is InChI=1S/C49H35N3/c1-49(2)42-30-45-40(29-46(42)50-31-41-38-20-12-13-21-43(38)52(47(41)48(49)50)36-18-10-5-11-19-36)39-28-35(33-16-8-4-9-17-33)24-27-44(39)51(45)37-25-22-34(23-26-37)32-14-6-3-7-15-32/h3-31H,1-2H3. The van der Waals surface area contributed by atoms with Crippen molar-refractivity contribution >= 4 is 43.6 Å². The highest BCUT2D eigenvalue weighted by Crippen LogP contribution is 2.51. The van der Waals surface area contributed by atoms with E-state index < -0.39 is 0 Å². The molecule has 0 unspecified atom stereocenters. The van der Waals surface area contributed by atoms with Crippen molar-refractivity contribution in [3.05, 3.63) is 187 Å². The van der Waals surface area contributed by atoms with Gasteiger partial charge in [-0.3, -0.25) is 0 Å². The van der Waals surface area contributed by atoms with E-state index in [0.29, 0.717) is 0 Å². The number of nitrogens with zero attached hydrogens (tertiary/aromatic N) is 3. The second-order valence-electron chi connectivity index (χ2n) is 14.7. The van der Waals surface area contributed by atoms with Crippen molar-refractivity contribution < 1.29 is 0 Å². The Hall–Kier alpha value is -6.58. The molecule has 246 valence electrons. The summed E-state index contributed by atoms with van der Waals surface area (Å²) < 4.78 is 7.43. The fourth-order valence-electron chi connectivity index (χ4n) is 8.97. The van der Waals surface area contributed by atoms with Gasteiger partial charge in [0.2, 0.25) is 0 Å². The van der Waals surface area contributed by atoms with Crippen LogP contribution in [-0.2, 0) is 5.41 Å². The molecule has 0 bridgehead atoms. The second kappa shape index (κ2) is 10.7. The molecule has 3 heteroatoms. The highest BCUT2D eigenvalue weighted by Gasteiger charge is 2.40. The maximum atomic E-state index is 2.49. The molecule has 11 rings (SSSR count). The van der Waals surface area contributed by atoms with Crippen LogP contribution in [-0.4, -0.2) is 13.7 Å². The maximum Gasteiger partial charge on any atom is 0.0763 e. The average molecular weight is 666 g/mol. The van der Waals surface area contributed by atoms with Crippen molar-refractivity contribution in [3.63, 3.8) is 0 Å². The van der Waals surface area contributed by atoms with E-state index in [1.54, 1.807) is 0 Å². The SMILES string of the molecule is CC1(C)c2cc3c(cc2-n2cc4c5ccccc5n(-c5ccccc5)c4c21)c1cc(-c2ccccc2)ccc1n3-c1ccc(-c2ccccc2)cc1. The molecule has 0 N–H and O–H groups in total. The summed E-state index contributed by atoms with van der Waals surface area (Å²) in [5.41, 5.74) is 15.9. The number of rotatable bonds is 4. The van der Waals surface area contributed by atoms with Gasteiger partial charge in [0.25, 0.3) is 0 Å². The topological polar surface area (TPSA) is 14.8 Å². The predicted octanol–water partition coefficient (Wildman–Crippen LogP) is 12.6. The molecule has 4 heterocycles. The molecular weight excluding hydrogens is 631 g/mol. The van der Waals surface area contributed by atoms with Crippen LogP contribution in [0.2, 0.25) is 0 Å². The Balaban J connectivity index is 1.19.